The number of primary amides is 1. The van der Waals surface area contributed by atoms with E-state index in [-0.39, 0.29) is 25.8 Å². The predicted molar refractivity (Wildman–Crippen MR) is 101 cm³/mol. The van der Waals surface area contributed by atoms with Gasteiger partial charge in [0, 0.05) is 25.1 Å². The van der Waals surface area contributed by atoms with Crippen molar-refractivity contribution in [2.24, 2.45) is 16.6 Å². The summed E-state index contributed by atoms with van der Waals surface area (Å²) in [6.07, 6.45) is 3.03. The zero-order valence-electron chi connectivity index (χ0n) is 15.6. The van der Waals surface area contributed by atoms with Crippen LogP contribution in [0.3, 0.4) is 0 Å². The topological polar surface area (TPSA) is 159 Å². The van der Waals surface area contributed by atoms with Crippen LogP contribution in [0.15, 0.2) is 17.3 Å². The van der Waals surface area contributed by atoms with Gasteiger partial charge in [0.05, 0.1) is 18.6 Å². The largest absolute Gasteiger partial charge is 0.390 e. The first-order chi connectivity index (χ1) is 13.2. The summed E-state index contributed by atoms with van der Waals surface area (Å²) in [4.78, 5) is 39.8. The number of carbonyl (C=O) groups is 3. The third-order valence-corrected chi connectivity index (χ3v) is 6.43. The number of carbonyl (C=O) groups excluding carboxylic acids is 3. The maximum absolute atomic E-state index is 13.1. The Hall–Kier alpha value is -2.11. The summed E-state index contributed by atoms with van der Waals surface area (Å²) < 4.78 is 26.8. The molecule has 0 aliphatic carbocycles. The zero-order chi connectivity index (χ0) is 20.9. The molecule has 1 fully saturated rings. The lowest BCUT2D eigenvalue weighted by atomic mass is 10.0. The van der Waals surface area contributed by atoms with Gasteiger partial charge in [0.15, 0.2) is 5.78 Å². The number of aliphatic imine (C=N–C) groups is 1. The number of β-amino-alcohol motifs (C(OH)–C–C–N with tert-alkyl or cyclic N) is 1. The third-order valence-electron chi connectivity index (χ3n) is 4.64. The molecule has 0 aromatic heterocycles. The summed E-state index contributed by atoms with van der Waals surface area (Å²) in [6.45, 7) is 2.16. The van der Waals surface area contributed by atoms with Gasteiger partial charge in [-0.3, -0.25) is 14.4 Å². The number of amides is 2. The van der Waals surface area contributed by atoms with Gasteiger partial charge in [0.25, 0.3) is 10.0 Å². The van der Waals surface area contributed by atoms with Crippen molar-refractivity contribution in [3.63, 3.8) is 0 Å². The minimum atomic E-state index is -4.59. The molecular weight excluding hydrogens is 388 g/mol. The minimum absolute atomic E-state index is 0.0679. The highest BCUT2D eigenvalue weighted by Gasteiger charge is 2.43. The molecule has 10 nitrogen and oxygen atoms in total. The van der Waals surface area contributed by atoms with Gasteiger partial charge in [-0.2, -0.15) is 8.42 Å². The molecule has 1 radical (unpaired) electrons. The maximum atomic E-state index is 13.1. The highest BCUT2D eigenvalue weighted by Crippen LogP contribution is 2.23. The molecule has 2 heterocycles. The maximum Gasteiger partial charge on any atom is 0.288 e. The molecule has 0 bridgehead atoms. The average Bonchev–Trinajstić information content (AvgIpc) is 2.84. The van der Waals surface area contributed by atoms with E-state index in [1.54, 1.807) is 0 Å². The van der Waals surface area contributed by atoms with Crippen LogP contribution in [-0.2, 0) is 24.4 Å². The normalized spacial score (nSPS) is 24.2. The number of rotatable bonds is 5. The van der Waals surface area contributed by atoms with E-state index in [9.17, 15) is 27.9 Å². The molecule has 0 aromatic carbocycles. The highest BCUT2D eigenvalue weighted by atomic mass is 32.2. The molecule has 2 aliphatic rings. The van der Waals surface area contributed by atoms with E-state index >= 15 is 0 Å². The van der Waals surface area contributed by atoms with Crippen LogP contribution in [0, 0.1) is 12.3 Å². The van der Waals surface area contributed by atoms with E-state index in [2.05, 4.69) is 10.3 Å². The van der Waals surface area contributed by atoms with Crippen LogP contribution in [0.5, 0.6) is 0 Å². The van der Waals surface area contributed by atoms with Crippen molar-refractivity contribution in [2.75, 3.05) is 13.1 Å². The van der Waals surface area contributed by atoms with Crippen molar-refractivity contribution in [1.82, 2.24) is 9.62 Å². The van der Waals surface area contributed by atoms with E-state index in [1.165, 1.54) is 19.2 Å². The van der Waals surface area contributed by atoms with E-state index < -0.39 is 50.7 Å². The second-order valence-corrected chi connectivity index (χ2v) is 8.54. The molecule has 3 atom stereocenters. The number of ketones is 1. The Morgan fingerprint density at radius 1 is 1.50 bits per heavy atom. The van der Waals surface area contributed by atoms with Crippen LogP contribution < -0.4 is 11.1 Å². The number of nitrogens with zero attached hydrogens (tertiary/aromatic N) is 2. The summed E-state index contributed by atoms with van der Waals surface area (Å²) in [7, 11) is -4.59. The second kappa shape index (κ2) is 9.39. The van der Waals surface area contributed by atoms with E-state index in [0.29, 0.717) is 17.3 Å². The quantitative estimate of drug-likeness (QED) is 0.513. The molecule has 4 N–H and O–H groups in total. The number of sulfonamides is 1. The Bertz CT molecular complexity index is 791. The standard InChI is InChI=1S/C17H25N4O6S/c1-11(16(18)25)6-7-15(24)21(12-4-2-8-19-10-14(12)23)28(26,27)17-13(22)5-3-9-20-17/h3,7,9,11-12,14,19,23H,2,4-6,8,10H2,1H3,(H2,18,25)/t11?,12?,14-/m0/s1. The molecule has 155 valence electrons. The van der Waals surface area contributed by atoms with Gasteiger partial charge >= 0.3 is 0 Å². The van der Waals surface area contributed by atoms with Crippen molar-refractivity contribution >= 4 is 32.7 Å². The molecule has 11 heteroatoms. The molecule has 1 saturated heterocycles. The van der Waals surface area contributed by atoms with Crippen molar-refractivity contribution in [3.8, 4) is 0 Å². The molecular formula is C17H25N4O6S. The first kappa shape index (κ1) is 22.2. The van der Waals surface area contributed by atoms with Gasteiger partial charge in [0.2, 0.25) is 16.9 Å². The van der Waals surface area contributed by atoms with Crippen LogP contribution in [0.2, 0.25) is 0 Å². The number of nitrogens with two attached hydrogens (primary N) is 1. The molecule has 2 unspecified atom stereocenters. The monoisotopic (exact) mass is 413 g/mol. The summed E-state index contributed by atoms with van der Waals surface area (Å²) >= 11 is 0. The van der Waals surface area contributed by atoms with E-state index in [4.69, 9.17) is 5.73 Å². The Morgan fingerprint density at radius 3 is 2.86 bits per heavy atom. The van der Waals surface area contributed by atoms with E-state index in [0.717, 1.165) is 6.42 Å². The zero-order valence-corrected chi connectivity index (χ0v) is 16.4. The molecule has 0 saturated carbocycles. The lowest BCUT2D eigenvalue weighted by Gasteiger charge is -2.33. The molecule has 2 amide bonds. The fraction of sp³-hybridized carbons (Fsp3) is 0.588. The van der Waals surface area contributed by atoms with Gasteiger partial charge in [-0.05, 0) is 25.8 Å². The van der Waals surface area contributed by atoms with E-state index in [1.807, 2.05) is 0 Å². The smallest absolute Gasteiger partial charge is 0.288 e. The highest BCUT2D eigenvalue weighted by molar-refractivity contribution is 8.06. The summed E-state index contributed by atoms with van der Waals surface area (Å²) in [5.41, 5.74) is 5.18. The van der Waals surface area contributed by atoms with Gasteiger partial charge in [-0.15, -0.1) is 0 Å². The van der Waals surface area contributed by atoms with Gasteiger partial charge in [0.1, 0.15) is 0 Å². The van der Waals surface area contributed by atoms with Gasteiger partial charge in [-0.1, -0.05) is 13.0 Å². The molecule has 28 heavy (non-hydrogen) atoms. The lowest BCUT2D eigenvalue weighted by Crippen LogP contribution is -2.54. The first-order valence-electron chi connectivity index (χ1n) is 9.02. The van der Waals surface area contributed by atoms with Crippen LogP contribution >= 0.6 is 0 Å². The number of Topliss-reactive ketones (excluding diaryl/α,β-unsaturated/α-hetero) is 1. The van der Waals surface area contributed by atoms with Crippen molar-refractivity contribution in [3.05, 3.63) is 18.7 Å². The fourth-order valence-corrected chi connectivity index (χ4v) is 4.64. The van der Waals surface area contributed by atoms with Crippen LogP contribution in [-0.4, -0.2) is 65.7 Å². The van der Waals surface area contributed by atoms with Gasteiger partial charge < -0.3 is 16.2 Å². The van der Waals surface area contributed by atoms with Crippen molar-refractivity contribution in [2.45, 2.75) is 44.8 Å². The van der Waals surface area contributed by atoms with Crippen molar-refractivity contribution in [1.29, 1.82) is 0 Å². The Balaban J connectivity index is 2.39. The Labute approximate surface area is 163 Å². The van der Waals surface area contributed by atoms with Gasteiger partial charge in [-0.25, -0.2) is 9.30 Å². The minimum Gasteiger partial charge on any atom is -0.390 e. The number of nitrogens with one attached hydrogen (secondary N) is 1. The Morgan fingerprint density at radius 2 is 2.21 bits per heavy atom. The summed E-state index contributed by atoms with van der Waals surface area (Å²) in [6, 6.07) is -1.06. The molecule has 0 spiro atoms. The number of aliphatic hydroxyl groups excluding tert-OH is 1. The summed E-state index contributed by atoms with van der Waals surface area (Å²) in [5, 5.41) is 12.6. The van der Waals surface area contributed by atoms with Crippen molar-refractivity contribution < 1.29 is 27.9 Å². The molecule has 2 aliphatic heterocycles. The number of hydrogen-bond acceptors (Lipinski definition) is 8. The van der Waals surface area contributed by atoms with Crippen LogP contribution in [0.25, 0.3) is 0 Å². The first-order valence-corrected chi connectivity index (χ1v) is 10.5. The third kappa shape index (κ3) is 5.03. The average molecular weight is 413 g/mol. The SMILES string of the molecule is CC(C[CH]C(=O)N(C1CCCNC[C@@H]1O)S(=O)(=O)C1=NC=CCC1=O)C(N)=O. The molecule has 2 rings (SSSR count). The predicted octanol–water partition coefficient (Wildman–Crippen LogP) is -1.14. The fourth-order valence-electron chi connectivity index (χ4n) is 2.98. The number of aliphatic hydroxyl groups is 1. The Kier molecular flexibility index (Phi) is 7.44. The molecule has 0 aromatic rings. The van der Waals surface area contributed by atoms with Crippen LogP contribution in [0.1, 0.15) is 32.6 Å². The summed E-state index contributed by atoms with van der Waals surface area (Å²) in [5.74, 6) is -2.96. The van der Waals surface area contributed by atoms with Crippen LogP contribution in [0.4, 0.5) is 0 Å². The number of allylic oxidation sites excluding steroid dienone is 1. The lowest BCUT2D eigenvalue weighted by molar-refractivity contribution is -0.126. The number of hydrogen-bond donors (Lipinski definition) is 3. The second-order valence-electron chi connectivity index (χ2n) is 6.81.